The van der Waals surface area contributed by atoms with Crippen LogP contribution in [-0.2, 0) is 84.9 Å². The minimum atomic E-state index is -1.01. The van der Waals surface area contributed by atoms with Crippen molar-refractivity contribution in [2.75, 3.05) is 162 Å². The number of piperidine rings is 1. The molecular weight excluding hydrogens is 1310 g/mol. The zero-order valence-corrected chi connectivity index (χ0v) is 61.3. The number of unbranched alkanes of at least 4 members (excludes halogenated alkanes) is 5. The lowest BCUT2D eigenvalue weighted by molar-refractivity contribution is -0.143. The van der Waals surface area contributed by atoms with E-state index in [1.807, 2.05) is 69.3 Å². The number of nitrogens with two attached hydrogens (primary N) is 1. The molecule has 25 nitrogen and oxygen atoms in total. The highest BCUT2D eigenvalue weighted by atomic mass is 16.6. The molecule has 7 rings (SSSR count). The van der Waals surface area contributed by atoms with Crippen molar-refractivity contribution in [3.8, 4) is 17.0 Å². The Balaban J connectivity index is 0.000000353. The molecule has 4 aromatic rings. The molecule has 0 radical (unpaired) electrons. The van der Waals surface area contributed by atoms with Crippen molar-refractivity contribution in [1.29, 1.82) is 0 Å². The molecule has 0 spiro atoms. The predicted octanol–water partition coefficient (Wildman–Crippen LogP) is 10.2. The van der Waals surface area contributed by atoms with Gasteiger partial charge in [0.25, 0.3) is 11.8 Å². The van der Waals surface area contributed by atoms with Crippen LogP contribution in [0.5, 0.6) is 5.88 Å². The number of Topliss-reactive ketones (excluding diaryl/α,β-unsaturated/α-hetero) is 1. The monoisotopic (exact) mass is 1430 g/mol. The summed E-state index contributed by atoms with van der Waals surface area (Å²) >= 11 is 0. The van der Waals surface area contributed by atoms with E-state index in [9.17, 15) is 28.8 Å². The molecule has 25 heteroatoms. The number of amides is 4. The van der Waals surface area contributed by atoms with Crippen LogP contribution in [0.25, 0.3) is 11.1 Å². The number of aromatic nitrogens is 2. The van der Waals surface area contributed by atoms with E-state index in [1.54, 1.807) is 17.3 Å². The number of ketones is 1. The minimum Gasteiger partial charge on any atom is -0.480 e. The summed E-state index contributed by atoms with van der Waals surface area (Å²) in [5, 5.41) is 13.9. The van der Waals surface area contributed by atoms with E-state index < -0.39 is 12.0 Å². The molecular formula is C77H119N7O18. The predicted molar refractivity (Wildman–Crippen MR) is 392 cm³/mol. The van der Waals surface area contributed by atoms with Gasteiger partial charge in [0.1, 0.15) is 31.5 Å². The zero-order chi connectivity index (χ0) is 73.0. The summed E-state index contributed by atoms with van der Waals surface area (Å²) in [7, 11) is 0. The van der Waals surface area contributed by atoms with Gasteiger partial charge >= 0.3 is 5.97 Å². The largest absolute Gasteiger partial charge is 0.480 e. The zero-order valence-electron chi connectivity index (χ0n) is 61.3. The number of nitrogens with zero attached hydrogens (tertiary/aromatic N) is 4. The number of pyridine rings is 2. The van der Waals surface area contributed by atoms with Crippen molar-refractivity contribution < 1.29 is 86.0 Å². The average molecular weight is 1430 g/mol. The summed E-state index contributed by atoms with van der Waals surface area (Å²) in [6.07, 6.45) is 14.9. The average Bonchev–Trinajstić information content (AvgIpc) is 1.60. The number of benzene rings is 2. The first-order valence-electron chi connectivity index (χ1n) is 36.0. The number of carboxylic acid groups (broad SMARTS) is 1. The van der Waals surface area contributed by atoms with Crippen molar-refractivity contribution in [2.45, 2.75) is 164 Å². The van der Waals surface area contributed by atoms with Crippen LogP contribution < -0.4 is 26.0 Å². The van der Waals surface area contributed by atoms with Crippen LogP contribution in [0.15, 0.2) is 67.0 Å². The van der Waals surface area contributed by atoms with Gasteiger partial charge < -0.3 is 78.1 Å². The van der Waals surface area contributed by atoms with Gasteiger partial charge in [-0.15, -0.1) is 0 Å². The number of carbonyl (C=O) groups excluding carboxylic acids is 5. The first-order valence-corrected chi connectivity index (χ1v) is 36.0. The van der Waals surface area contributed by atoms with E-state index in [-0.39, 0.29) is 74.6 Å². The molecule has 2 fully saturated rings. The third-order valence-corrected chi connectivity index (χ3v) is 16.5. The Morgan fingerprint density at radius 3 is 1.90 bits per heavy atom. The summed E-state index contributed by atoms with van der Waals surface area (Å²) < 4.78 is 59.9. The molecule has 0 saturated carbocycles. The highest BCUT2D eigenvalue weighted by Gasteiger charge is 2.40. The normalized spacial score (nSPS) is 14.4. The van der Waals surface area contributed by atoms with E-state index >= 15 is 0 Å². The van der Waals surface area contributed by atoms with E-state index in [4.69, 9.17) is 67.9 Å². The van der Waals surface area contributed by atoms with Gasteiger partial charge in [-0.3, -0.25) is 34.3 Å². The molecule has 2 aromatic heterocycles. The van der Waals surface area contributed by atoms with Crippen molar-refractivity contribution >= 4 is 46.8 Å². The lowest BCUT2D eigenvalue weighted by Crippen LogP contribution is -2.52. The first kappa shape index (κ1) is 87.5. The van der Waals surface area contributed by atoms with Gasteiger partial charge in [-0.25, -0.2) is 9.78 Å². The topological polar surface area (TPSA) is 307 Å². The molecule has 2 saturated heterocycles. The number of aryl methyl sites for hydroxylation is 2. The van der Waals surface area contributed by atoms with Gasteiger partial charge in [-0.2, -0.15) is 0 Å². The summed E-state index contributed by atoms with van der Waals surface area (Å²) in [4.78, 5) is 84.5. The molecule has 3 aliphatic heterocycles. The van der Waals surface area contributed by atoms with Crippen LogP contribution in [0.1, 0.15) is 170 Å². The number of ether oxygens (including phenoxy) is 11. The fourth-order valence-electron chi connectivity index (χ4n) is 11.0. The van der Waals surface area contributed by atoms with Gasteiger partial charge in [0.2, 0.25) is 17.7 Å². The summed E-state index contributed by atoms with van der Waals surface area (Å²) in [5.74, 6) is -0.471. The Kier molecular flexibility index (Phi) is 43.3. The second-order valence-electron chi connectivity index (χ2n) is 26.6. The molecule has 2 aromatic carbocycles. The number of fused-ring (bicyclic) bond motifs is 1. The van der Waals surface area contributed by atoms with Gasteiger partial charge in [0, 0.05) is 66.6 Å². The fraction of sp³-hybridized carbons (Fsp3) is 0.636. The molecule has 570 valence electrons. The number of imide groups is 1. The molecule has 4 amide bonds. The maximum absolute atomic E-state index is 13.2. The maximum Gasteiger partial charge on any atom is 0.329 e. The lowest BCUT2D eigenvalue weighted by atomic mass is 9.86. The number of rotatable bonds is 47. The number of hydrogen-bond donors (Lipinski definition) is 4. The summed E-state index contributed by atoms with van der Waals surface area (Å²) in [6.45, 7) is 27.5. The number of aliphatic carboxylic acids is 1. The Morgan fingerprint density at radius 1 is 0.696 bits per heavy atom. The van der Waals surface area contributed by atoms with Crippen LogP contribution in [0.4, 0.5) is 11.4 Å². The molecule has 5 heterocycles. The number of anilines is 2. The second-order valence-corrected chi connectivity index (χ2v) is 26.6. The Hall–Kier alpha value is -6.88. The van der Waals surface area contributed by atoms with Crippen molar-refractivity contribution in [3.05, 3.63) is 101 Å². The van der Waals surface area contributed by atoms with Gasteiger partial charge in [0.05, 0.1) is 130 Å². The highest BCUT2D eigenvalue weighted by Crippen LogP contribution is 2.35. The number of hydrogen-bond acceptors (Lipinski definition) is 21. The Morgan fingerprint density at radius 2 is 1.29 bits per heavy atom. The van der Waals surface area contributed by atoms with E-state index in [0.717, 1.165) is 78.1 Å². The van der Waals surface area contributed by atoms with Crippen LogP contribution >= 0.6 is 0 Å². The van der Waals surface area contributed by atoms with E-state index in [1.165, 1.54) is 24.8 Å². The standard InChI is InChI=1S/C36H48N4O9.C22H44O6.C18H23N3O3.CH4/c1-26-31(22-30(24-37-26)39-34(43)27-6-5-7-29(20-27)36(2,3)4)28-21-32(40-8-10-44-11-9-40)35(38-23-28)49-19-18-47-15-14-45-12-13-46-16-17-48-25-33(41)42;1-20(2)9-7-5-6-8-10-22(23)19-27-16-15-25-12-11-24-13-14-26-17-18-28-21(3)4;19-10-3-1-2-5-12-6-4-7-13-14(12)11-21(18(13)24)15-8-9-16(22)20-17(15)23;/h5-7,20-24H,8-19,25H2,1-4H3,(H,39,43)(H,41,42);20-21H,5-19H2,1-4H3;4,6-7,15H,1-3,5,8-11,19H2,(H,20,22,23);1H4. The molecule has 3 aliphatic rings. The van der Waals surface area contributed by atoms with Gasteiger partial charge in [0.15, 0.2) is 5.78 Å². The SMILES string of the molecule is C.CC(C)CCCCCCC(=O)COCCOCCOCCOCCOC(C)C.Cc1ncc(NC(=O)c2cccc(C(C)(C)C)c2)cc1-c1cnc(OCCOCCOCCOCCOCC(=O)O)c(N2CCOCC2)c1.NCCCCCc1cccc2c1CN(C1CCC(=O)NC1=O)C2=O. The molecule has 0 aliphatic carbocycles. The number of carbonyl (C=O) groups is 6. The van der Waals surface area contributed by atoms with Crippen molar-refractivity contribution in [2.24, 2.45) is 11.7 Å². The molecule has 1 atom stereocenters. The van der Waals surface area contributed by atoms with Crippen LogP contribution in [0.3, 0.4) is 0 Å². The van der Waals surface area contributed by atoms with E-state index in [2.05, 4.69) is 61.2 Å². The molecule has 0 bridgehead atoms. The van der Waals surface area contributed by atoms with Crippen LogP contribution in [0.2, 0.25) is 0 Å². The minimum absolute atomic E-state index is 0. The number of morpholine rings is 1. The first-order chi connectivity index (χ1) is 48.7. The van der Waals surface area contributed by atoms with Gasteiger partial charge in [-0.1, -0.05) is 98.4 Å². The second kappa shape index (κ2) is 50.5. The molecule has 5 N–H and O–H groups in total. The smallest absolute Gasteiger partial charge is 0.329 e. The summed E-state index contributed by atoms with van der Waals surface area (Å²) in [5.41, 5.74) is 14.0. The lowest BCUT2D eigenvalue weighted by Gasteiger charge is -2.30. The van der Waals surface area contributed by atoms with Gasteiger partial charge in [-0.05, 0) is 118 Å². The third-order valence-electron chi connectivity index (χ3n) is 16.5. The highest BCUT2D eigenvalue weighted by molar-refractivity contribution is 6.06. The fourth-order valence-corrected chi connectivity index (χ4v) is 11.0. The number of carboxylic acids is 1. The van der Waals surface area contributed by atoms with E-state index in [0.29, 0.717) is 174 Å². The third kappa shape index (κ3) is 34.6. The molecule has 102 heavy (non-hydrogen) atoms. The number of nitrogens with one attached hydrogen (secondary N) is 2. The van der Waals surface area contributed by atoms with Crippen molar-refractivity contribution in [1.82, 2.24) is 20.2 Å². The van der Waals surface area contributed by atoms with Crippen molar-refractivity contribution in [3.63, 3.8) is 0 Å². The Bertz CT molecular complexity index is 3080. The van der Waals surface area contributed by atoms with Crippen LogP contribution in [-0.4, -0.2) is 219 Å². The quantitative estimate of drug-likeness (QED) is 0.0236. The molecule has 1 unspecified atom stereocenters. The Labute approximate surface area is 605 Å². The summed E-state index contributed by atoms with van der Waals surface area (Å²) in [6, 6.07) is 16.9. The maximum atomic E-state index is 13.2. The van der Waals surface area contributed by atoms with Crippen LogP contribution in [0, 0.1) is 12.8 Å².